The van der Waals surface area contributed by atoms with Gasteiger partial charge in [0.05, 0.1) is 16.1 Å². The molecule has 0 saturated carbocycles. The molecule has 4 rings (SSSR count). The molecule has 0 bridgehead atoms. The number of fused-ring (bicyclic) bond motifs is 1. The third kappa shape index (κ3) is 3.96. The SMILES string of the molecule is O=C(COc1cc(Cl)ccc1Cl)Nc1ccc(-n2cnc3ccccc32)cc1. The normalized spacial score (nSPS) is 10.8. The van der Waals surface area contributed by atoms with Crippen LogP contribution in [0.15, 0.2) is 73.1 Å². The summed E-state index contributed by atoms with van der Waals surface area (Å²) in [5.74, 6) is 0.0727. The van der Waals surface area contributed by atoms with E-state index >= 15 is 0 Å². The molecular weight excluding hydrogens is 397 g/mol. The highest BCUT2D eigenvalue weighted by Crippen LogP contribution is 2.27. The molecule has 28 heavy (non-hydrogen) atoms. The van der Waals surface area contributed by atoms with Crippen LogP contribution in [-0.2, 0) is 4.79 Å². The Morgan fingerprint density at radius 2 is 1.82 bits per heavy atom. The fraction of sp³-hybridized carbons (Fsp3) is 0.0476. The second kappa shape index (κ2) is 7.92. The highest BCUT2D eigenvalue weighted by molar-refractivity contribution is 6.34. The zero-order valence-corrected chi connectivity index (χ0v) is 16.1. The number of ether oxygens (including phenoxy) is 1. The van der Waals surface area contributed by atoms with Gasteiger partial charge in [-0.05, 0) is 48.5 Å². The third-order valence-corrected chi connectivity index (χ3v) is 4.68. The van der Waals surface area contributed by atoms with Crippen molar-refractivity contribution in [3.8, 4) is 11.4 Å². The molecule has 0 atom stereocenters. The number of aromatic nitrogens is 2. The van der Waals surface area contributed by atoms with Crippen LogP contribution in [0.3, 0.4) is 0 Å². The topological polar surface area (TPSA) is 56.1 Å². The number of halogens is 2. The van der Waals surface area contributed by atoms with Crippen molar-refractivity contribution >= 4 is 45.8 Å². The van der Waals surface area contributed by atoms with Crippen molar-refractivity contribution in [1.29, 1.82) is 0 Å². The van der Waals surface area contributed by atoms with Crippen molar-refractivity contribution < 1.29 is 9.53 Å². The first-order valence-electron chi connectivity index (χ1n) is 8.50. The number of imidazole rings is 1. The van der Waals surface area contributed by atoms with E-state index in [-0.39, 0.29) is 12.5 Å². The average Bonchev–Trinajstić information content (AvgIpc) is 3.13. The molecule has 0 spiro atoms. The summed E-state index contributed by atoms with van der Waals surface area (Å²) in [6.45, 7) is -0.173. The lowest BCUT2D eigenvalue weighted by atomic mass is 10.2. The molecule has 5 nitrogen and oxygen atoms in total. The molecule has 0 unspecified atom stereocenters. The first kappa shape index (κ1) is 18.3. The first-order valence-corrected chi connectivity index (χ1v) is 9.26. The third-order valence-electron chi connectivity index (χ3n) is 4.13. The molecular formula is C21H15Cl2N3O2. The standard InChI is InChI=1S/C21H15Cl2N3O2/c22-14-5-10-17(23)20(11-14)28-12-21(27)25-15-6-8-16(9-7-15)26-13-24-18-3-1-2-4-19(18)26/h1-11,13H,12H2,(H,25,27). The van der Waals surface area contributed by atoms with E-state index in [1.54, 1.807) is 24.5 Å². The summed E-state index contributed by atoms with van der Waals surface area (Å²) in [5.41, 5.74) is 3.57. The largest absolute Gasteiger partial charge is 0.482 e. The molecule has 0 saturated heterocycles. The number of rotatable bonds is 5. The number of hydrogen-bond acceptors (Lipinski definition) is 3. The minimum Gasteiger partial charge on any atom is -0.482 e. The van der Waals surface area contributed by atoms with Crippen molar-refractivity contribution in [2.24, 2.45) is 0 Å². The van der Waals surface area contributed by atoms with Crippen LogP contribution in [0.1, 0.15) is 0 Å². The van der Waals surface area contributed by atoms with Crippen LogP contribution in [0.5, 0.6) is 5.75 Å². The van der Waals surface area contributed by atoms with Crippen LogP contribution in [0.25, 0.3) is 16.7 Å². The van der Waals surface area contributed by atoms with Gasteiger partial charge in [0.2, 0.25) is 0 Å². The number of amides is 1. The van der Waals surface area contributed by atoms with E-state index < -0.39 is 0 Å². The van der Waals surface area contributed by atoms with Gasteiger partial charge in [-0.25, -0.2) is 4.98 Å². The maximum Gasteiger partial charge on any atom is 0.262 e. The van der Waals surface area contributed by atoms with Crippen LogP contribution >= 0.6 is 23.2 Å². The Labute approximate surface area is 171 Å². The van der Waals surface area contributed by atoms with Crippen molar-refractivity contribution in [2.45, 2.75) is 0 Å². The summed E-state index contributed by atoms with van der Waals surface area (Å²) >= 11 is 11.9. The van der Waals surface area contributed by atoms with Crippen LogP contribution in [0.4, 0.5) is 5.69 Å². The quantitative estimate of drug-likeness (QED) is 0.481. The monoisotopic (exact) mass is 411 g/mol. The van der Waals surface area contributed by atoms with Crippen LogP contribution < -0.4 is 10.1 Å². The molecule has 4 aromatic rings. The number of hydrogen-bond donors (Lipinski definition) is 1. The lowest BCUT2D eigenvalue weighted by Gasteiger charge is -2.10. The molecule has 7 heteroatoms. The van der Waals surface area contributed by atoms with E-state index in [4.69, 9.17) is 27.9 Å². The van der Waals surface area contributed by atoms with Gasteiger partial charge < -0.3 is 10.1 Å². The van der Waals surface area contributed by atoms with Gasteiger partial charge >= 0.3 is 0 Å². The summed E-state index contributed by atoms with van der Waals surface area (Å²) in [6.07, 6.45) is 1.78. The Hall–Kier alpha value is -3.02. The second-order valence-corrected chi connectivity index (χ2v) is 6.91. The summed E-state index contributed by atoms with van der Waals surface area (Å²) in [4.78, 5) is 16.5. The number of carbonyl (C=O) groups is 1. The van der Waals surface area contributed by atoms with Gasteiger partial charge in [-0.3, -0.25) is 9.36 Å². The number of para-hydroxylation sites is 2. The molecule has 1 N–H and O–H groups in total. The van der Waals surface area contributed by atoms with E-state index in [9.17, 15) is 4.79 Å². The highest BCUT2D eigenvalue weighted by atomic mass is 35.5. The van der Waals surface area contributed by atoms with E-state index in [0.29, 0.717) is 21.5 Å². The molecule has 0 radical (unpaired) electrons. The summed E-state index contributed by atoms with van der Waals surface area (Å²) in [5, 5.41) is 3.68. The second-order valence-electron chi connectivity index (χ2n) is 6.06. The molecule has 0 aliphatic rings. The van der Waals surface area contributed by atoms with E-state index in [1.807, 2.05) is 53.1 Å². The number of nitrogens with zero attached hydrogens (tertiary/aromatic N) is 2. The van der Waals surface area contributed by atoms with Crippen molar-refractivity contribution in [3.63, 3.8) is 0 Å². The van der Waals surface area contributed by atoms with Crippen molar-refractivity contribution in [3.05, 3.63) is 83.1 Å². The lowest BCUT2D eigenvalue weighted by Crippen LogP contribution is -2.20. The lowest BCUT2D eigenvalue weighted by molar-refractivity contribution is -0.118. The van der Waals surface area contributed by atoms with Gasteiger partial charge in [0, 0.05) is 22.5 Å². The number of carbonyl (C=O) groups excluding carboxylic acids is 1. The summed E-state index contributed by atoms with van der Waals surface area (Å²) in [7, 11) is 0. The molecule has 3 aromatic carbocycles. The fourth-order valence-electron chi connectivity index (χ4n) is 2.80. The Balaban J connectivity index is 1.41. The molecule has 0 aliphatic carbocycles. The molecule has 0 aliphatic heterocycles. The molecule has 140 valence electrons. The first-order chi connectivity index (χ1) is 13.6. The maximum absolute atomic E-state index is 12.1. The smallest absolute Gasteiger partial charge is 0.262 e. The Morgan fingerprint density at radius 1 is 1.04 bits per heavy atom. The Kier molecular flexibility index (Phi) is 5.19. The highest BCUT2D eigenvalue weighted by Gasteiger charge is 2.08. The predicted molar refractivity (Wildman–Crippen MR) is 112 cm³/mol. The predicted octanol–water partition coefficient (Wildman–Crippen LogP) is 5.35. The van der Waals surface area contributed by atoms with Gasteiger partial charge in [0.25, 0.3) is 5.91 Å². The Bertz CT molecular complexity index is 1140. The van der Waals surface area contributed by atoms with Crippen LogP contribution in [-0.4, -0.2) is 22.1 Å². The van der Waals surface area contributed by atoms with E-state index in [1.165, 1.54) is 0 Å². The van der Waals surface area contributed by atoms with Crippen molar-refractivity contribution in [1.82, 2.24) is 9.55 Å². The van der Waals surface area contributed by atoms with Gasteiger partial charge in [0.15, 0.2) is 6.61 Å². The minimum atomic E-state index is -0.295. The van der Waals surface area contributed by atoms with Gasteiger partial charge in [-0.2, -0.15) is 0 Å². The average molecular weight is 412 g/mol. The summed E-state index contributed by atoms with van der Waals surface area (Å²) < 4.78 is 7.43. The molecule has 0 fully saturated rings. The molecule has 1 aromatic heterocycles. The van der Waals surface area contributed by atoms with Crippen LogP contribution in [0, 0.1) is 0 Å². The zero-order valence-electron chi connectivity index (χ0n) is 14.6. The van der Waals surface area contributed by atoms with Crippen LogP contribution in [0.2, 0.25) is 10.0 Å². The minimum absolute atomic E-state index is 0.173. The number of benzene rings is 3. The van der Waals surface area contributed by atoms with Gasteiger partial charge in [-0.1, -0.05) is 35.3 Å². The zero-order chi connectivity index (χ0) is 19.5. The molecule has 1 heterocycles. The fourth-order valence-corrected chi connectivity index (χ4v) is 3.13. The number of anilines is 1. The van der Waals surface area contributed by atoms with E-state index in [2.05, 4.69) is 10.3 Å². The number of nitrogens with one attached hydrogen (secondary N) is 1. The van der Waals surface area contributed by atoms with E-state index in [0.717, 1.165) is 16.7 Å². The maximum atomic E-state index is 12.1. The molecule has 1 amide bonds. The van der Waals surface area contributed by atoms with Gasteiger partial charge in [0.1, 0.15) is 12.1 Å². The van der Waals surface area contributed by atoms with Crippen molar-refractivity contribution in [2.75, 3.05) is 11.9 Å². The van der Waals surface area contributed by atoms with Gasteiger partial charge in [-0.15, -0.1) is 0 Å². The Morgan fingerprint density at radius 3 is 2.64 bits per heavy atom. The summed E-state index contributed by atoms with van der Waals surface area (Å²) in [6, 6.07) is 20.2.